The van der Waals surface area contributed by atoms with E-state index in [2.05, 4.69) is 19.2 Å². The molecule has 1 saturated heterocycles. The lowest BCUT2D eigenvalue weighted by Gasteiger charge is -2.39. The normalized spacial score (nSPS) is 22.3. The number of hydrogen-bond donors (Lipinski definition) is 1. The Kier molecular flexibility index (Phi) is 2.47. The van der Waals surface area contributed by atoms with Gasteiger partial charge in [0, 0.05) is 11.0 Å². The predicted molar refractivity (Wildman–Crippen MR) is 79.9 cm³/mol. The van der Waals surface area contributed by atoms with Crippen LogP contribution in [0.1, 0.15) is 19.4 Å². The molecule has 0 bridgehead atoms. The molecule has 0 unspecified atom stereocenters. The summed E-state index contributed by atoms with van der Waals surface area (Å²) in [7, 11) is 0. The molecule has 4 rings (SSSR count). The van der Waals surface area contributed by atoms with Crippen LogP contribution in [0.2, 0.25) is 0 Å². The third-order valence-corrected chi connectivity index (χ3v) is 4.12. The molecule has 0 saturated carbocycles. The molecule has 2 aromatic carbocycles. The first-order valence-electron chi connectivity index (χ1n) is 7.13. The fraction of sp³-hybridized carbons (Fsp3) is 0.353. The zero-order valence-electron chi connectivity index (χ0n) is 12.1. The molecule has 2 heterocycles. The van der Waals surface area contributed by atoms with E-state index in [0.717, 1.165) is 22.0 Å². The van der Waals surface area contributed by atoms with Gasteiger partial charge in [-0.25, -0.2) is 0 Å². The number of hydrogen-bond acceptors (Lipinski definition) is 3. The number of benzene rings is 2. The molecule has 0 radical (unpaired) electrons. The van der Waals surface area contributed by atoms with Crippen molar-refractivity contribution in [1.82, 2.24) is 0 Å². The number of rotatable bonds is 0. The highest BCUT2D eigenvalue weighted by atomic mass is 16.7. The number of nitrogens with one attached hydrogen (secondary N) is 1. The van der Waals surface area contributed by atoms with Gasteiger partial charge in [0.25, 0.3) is 11.7 Å². The Balaban J connectivity index is 1.86. The quantitative estimate of drug-likeness (QED) is 0.808. The van der Waals surface area contributed by atoms with Crippen molar-refractivity contribution in [3.63, 3.8) is 0 Å². The van der Waals surface area contributed by atoms with Crippen LogP contribution in [-0.2, 0) is 20.1 Å². The average molecular weight is 283 g/mol. The van der Waals surface area contributed by atoms with Crippen molar-refractivity contribution >= 4 is 22.4 Å². The van der Waals surface area contributed by atoms with Crippen molar-refractivity contribution in [1.29, 1.82) is 0 Å². The lowest BCUT2D eigenvalue weighted by molar-refractivity contribution is -0.285. The van der Waals surface area contributed by atoms with E-state index in [9.17, 15) is 4.79 Å². The lowest BCUT2D eigenvalue weighted by atomic mass is 9.93. The summed E-state index contributed by atoms with van der Waals surface area (Å²) < 4.78 is 11.8. The summed E-state index contributed by atoms with van der Waals surface area (Å²) in [4.78, 5) is 12.4. The van der Waals surface area contributed by atoms with Crippen molar-refractivity contribution in [2.24, 2.45) is 5.41 Å². The minimum absolute atomic E-state index is 0.0782. The maximum atomic E-state index is 12.4. The molecule has 1 fully saturated rings. The molecule has 0 atom stereocenters. The molecule has 2 aromatic rings. The molecule has 0 aliphatic carbocycles. The van der Waals surface area contributed by atoms with Gasteiger partial charge in [-0.05, 0) is 22.9 Å². The SMILES string of the molecule is CC1(C)COC2(OC1)C(=O)Nc1cc3ccccc3cc12. The summed E-state index contributed by atoms with van der Waals surface area (Å²) in [5.74, 6) is -1.52. The van der Waals surface area contributed by atoms with E-state index in [1.807, 2.05) is 36.4 Å². The van der Waals surface area contributed by atoms with Crippen LogP contribution in [-0.4, -0.2) is 19.1 Å². The van der Waals surface area contributed by atoms with E-state index in [1.54, 1.807) is 0 Å². The zero-order chi connectivity index (χ0) is 14.7. The van der Waals surface area contributed by atoms with E-state index in [-0.39, 0.29) is 11.3 Å². The minimum Gasteiger partial charge on any atom is -0.338 e. The van der Waals surface area contributed by atoms with Crippen molar-refractivity contribution in [3.05, 3.63) is 42.0 Å². The Hall–Kier alpha value is -1.91. The van der Waals surface area contributed by atoms with Gasteiger partial charge in [-0.3, -0.25) is 4.79 Å². The van der Waals surface area contributed by atoms with Gasteiger partial charge in [-0.1, -0.05) is 38.1 Å². The zero-order valence-corrected chi connectivity index (χ0v) is 12.1. The van der Waals surface area contributed by atoms with Crippen LogP contribution < -0.4 is 5.32 Å². The number of fused-ring (bicyclic) bond motifs is 3. The monoisotopic (exact) mass is 283 g/mol. The molecule has 1 spiro atoms. The maximum absolute atomic E-state index is 12.4. The molecule has 1 N–H and O–H groups in total. The van der Waals surface area contributed by atoms with Gasteiger partial charge in [-0.15, -0.1) is 0 Å². The summed E-state index contributed by atoms with van der Waals surface area (Å²) in [5.41, 5.74) is 1.48. The highest BCUT2D eigenvalue weighted by Gasteiger charge is 2.53. The number of anilines is 1. The first kappa shape index (κ1) is 12.8. The van der Waals surface area contributed by atoms with E-state index >= 15 is 0 Å². The standard InChI is InChI=1S/C17H17NO3/c1-16(2)9-20-17(21-10-16)13-7-11-5-3-4-6-12(11)8-14(13)18-15(17)19/h3-8H,9-10H2,1-2H3,(H,18,19). The number of carbonyl (C=O) groups is 1. The van der Waals surface area contributed by atoms with Gasteiger partial charge in [0.05, 0.1) is 18.9 Å². The second-order valence-electron chi connectivity index (χ2n) is 6.56. The highest BCUT2D eigenvalue weighted by molar-refractivity contribution is 6.07. The largest absolute Gasteiger partial charge is 0.338 e. The van der Waals surface area contributed by atoms with E-state index in [4.69, 9.17) is 9.47 Å². The van der Waals surface area contributed by atoms with E-state index in [1.165, 1.54) is 0 Å². The van der Waals surface area contributed by atoms with Gasteiger partial charge in [0.15, 0.2) is 0 Å². The fourth-order valence-electron chi connectivity index (χ4n) is 2.91. The van der Waals surface area contributed by atoms with Crippen LogP contribution in [0.4, 0.5) is 5.69 Å². The van der Waals surface area contributed by atoms with Crippen molar-refractivity contribution < 1.29 is 14.3 Å². The lowest BCUT2D eigenvalue weighted by Crippen LogP contribution is -2.49. The van der Waals surface area contributed by atoms with Crippen LogP contribution in [0, 0.1) is 5.41 Å². The van der Waals surface area contributed by atoms with E-state index < -0.39 is 5.79 Å². The Morgan fingerprint density at radius 3 is 2.33 bits per heavy atom. The summed E-state index contributed by atoms with van der Waals surface area (Å²) in [5, 5.41) is 5.05. The summed E-state index contributed by atoms with van der Waals surface area (Å²) in [6, 6.07) is 12.0. The number of amides is 1. The fourth-order valence-corrected chi connectivity index (χ4v) is 2.91. The van der Waals surface area contributed by atoms with E-state index in [0.29, 0.717) is 13.2 Å². The van der Waals surface area contributed by atoms with Crippen LogP contribution in [0.15, 0.2) is 36.4 Å². The summed E-state index contributed by atoms with van der Waals surface area (Å²) >= 11 is 0. The summed E-state index contributed by atoms with van der Waals surface area (Å²) in [6.45, 7) is 5.11. The van der Waals surface area contributed by atoms with Crippen molar-refractivity contribution in [3.8, 4) is 0 Å². The van der Waals surface area contributed by atoms with Crippen molar-refractivity contribution in [2.75, 3.05) is 18.5 Å². The van der Waals surface area contributed by atoms with Crippen LogP contribution in [0.25, 0.3) is 10.8 Å². The Bertz CT molecular complexity index is 741. The number of ether oxygens (including phenoxy) is 2. The average Bonchev–Trinajstić information content (AvgIpc) is 2.72. The van der Waals surface area contributed by atoms with Gasteiger partial charge < -0.3 is 14.8 Å². The highest BCUT2D eigenvalue weighted by Crippen LogP contribution is 2.45. The van der Waals surface area contributed by atoms with Gasteiger partial charge >= 0.3 is 0 Å². The topological polar surface area (TPSA) is 47.6 Å². The first-order valence-corrected chi connectivity index (χ1v) is 7.13. The number of carbonyl (C=O) groups excluding carboxylic acids is 1. The maximum Gasteiger partial charge on any atom is 0.289 e. The Morgan fingerprint density at radius 2 is 1.67 bits per heavy atom. The van der Waals surface area contributed by atoms with Crippen LogP contribution in [0.5, 0.6) is 0 Å². The molecule has 21 heavy (non-hydrogen) atoms. The van der Waals surface area contributed by atoms with Gasteiger partial charge in [-0.2, -0.15) is 0 Å². The molecule has 2 aliphatic heterocycles. The minimum atomic E-state index is -1.28. The molecule has 1 amide bonds. The third-order valence-electron chi connectivity index (χ3n) is 4.12. The Labute approximate surface area is 123 Å². The smallest absolute Gasteiger partial charge is 0.289 e. The molecular weight excluding hydrogens is 266 g/mol. The van der Waals surface area contributed by atoms with Gasteiger partial charge in [0.1, 0.15) is 0 Å². The third kappa shape index (κ3) is 1.79. The molecule has 108 valence electrons. The van der Waals surface area contributed by atoms with Crippen LogP contribution >= 0.6 is 0 Å². The molecule has 4 nitrogen and oxygen atoms in total. The van der Waals surface area contributed by atoms with Crippen molar-refractivity contribution in [2.45, 2.75) is 19.6 Å². The summed E-state index contributed by atoms with van der Waals surface area (Å²) in [6.07, 6.45) is 0. The Morgan fingerprint density at radius 1 is 1.05 bits per heavy atom. The van der Waals surface area contributed by atoms with Gasteiger partial charge in [0.2, 0.25) is 0 Å². The molecule has 0 aromatic heterocycles. The second-order valence-corrected chi connectivity index (χ2v) is 6.56. The second kappa shape index (κ2) is 4.06. The first-order chi connectivity index (χ1) is 10.0. The predicted octanol–water partition coefficient (Wildman–Crippen LogP) is 3.02. The van der Waals surface area contributed by atoms with Crippen LogP contribution in [0.3, 0.4) is 0 Å². The molecular formula is C17H17NO3. The molecule has 2 aliphatic rings. The molecule has 4 heteroatoms.